The first-order chi connectivity index (χ1) is 13.4. The van der Waals surface area contributed by atoms with E-state index in [-0.39, 0.29) is 5.91 Å². The van der Waals surface area contributed by atoms with E-state index in [1.807, 2.05) is 48.2 Å². The van der Waals surface area contributed by atoms with Gasteiger partial charge in [-0.1, -0.05) is 19.1 Å². The van der Waals surface area contributed by atoms with E-state index in [4.69, 9.17) is 0 Å². The second-order valence-corrected chi connectivity index (χ2v) is 9.58. The quantitative estimate of drug-likeness (QED) is 0.727. The monoisotopic (exact) mass is 398 g/mol. The average Bonchev–Trinajstić information content (AvgIpc) is 3.49. The van der Waals surface area contributed by atoms with Crippen molar-refractivity contribution >= 4 is 33.0 Å². The molecule has 0 N–H and O–H groups in total. The number of hydrogen-bond donors (Lipinski definition) is 0. The molecule has 1 saturated carbocycles. The second-order valence-electron chi connectivity index (χ2n) is 7.75. The van der Waals surface area contributed by atoms with Gasteiger partial charge in [-0.15, -0.1) is 0 Å². The number of carbonyl (C=O) groups is 1. The van der Waals surface area contributed by atoms with Crippen LogP contribution in [0.25, 0.3) is 0 Å². The number of carbonyl (C=O) groups excluding carboxylic acids is 1. The Morgan fingerprint density at radius 1 is 1.04 bits per heavy atom. The highest BCUT2D eigenvalue weighted by atomic mass is 32.2. The first-order valence-electron chi connectivity index (χ1n) is 9.92. The van der Waals surface area contributed by atoms with Gasteiger partial charge in [-0.25, -0.2) is 12.7 Å². The third-order valence-electron chi connectivity index (χ3n) is 5.45. The van der Waals surface area contributed by atoms with Crippen LogP contribution in [0.4, 0.5) is 17.1 Å². The van der Waals surface area contributed by atoms with Crippen molar-refractivity contribution in [2.24, 2.45) is 0 Å². The Kier molecular flexibility index (Phi) is 4.91. The molecule has 0 unspecified atom stereocenters. The molecule has 1 fully saturated rings. The number of amides is 1. The topological polar surface area (TPSA) is 57.7 Å². The normalized spacial score (nSPS) is 16.8. The van der Waals surface area contributed by atoms with Crippen LogP contribution >= 0.6 is 0 Å². The number of benzene rings is 2. The number of aryl methyl sites for hydroxylation is 1. The van der Waals surface area contributed by atoms with Crippen molar-refractivity contribution < 1.29 is 13.2 Å². The largest absolute Gasteiger partial charge is 0.312 e. The third kappa shape index (κ3) is 3.65. The molecule has 0 bridgehead atoms. The number of hydrogen-bond acceptors (Lipinski definition) is 3. The number of nitrogens with zero attached hydrogens (tertiary/aromatic N) is 2. The van der Waals surface area contributed by atoms with E-state index in [9.17, 15) is 13.2 Å². The molecule has 0 spiro atoms. The smallest absolute Gasteiger partial charge is 0.236 e. The fourth-order valence-corrected chi connectivity index (χ4v) is 4.97. The minimum atomic E-state index is -3.50. The molecule has 0 atom stereocenters. The molecule has 1 aliphatic carbocycles. The van der Waals surface area contributed by atoms with Gasteiger partial charge in [0.2, 0.25) is 15.9 Å². The Morgan fingerprint density at radius 2 is 1.71 bits per heavy atom. The summed E-state index contributed by atoms with van der Waals surface area (Å²) in [5, 5.41) is 0. The molecule has 148 valence electrons. The van der Waals surface area contributed by atoms with Crippen LogP contribution < -0.4 is 9.21 Å². The molecule has 0 saturated heterocycles. The zero-order chi connectivity index (χ0) is 19.9. The molecule has 5 nitrogen and oxygen atoms in total. The molecule has 1 aliphatic heterocycles. The second kappa shape index (κ2) is 7.24. The molecule has 2 aromatic rings. The predicted molar refractivity (Wildman–Crippen MR) is 113 cm³/mol. The standard InChI is InChI=1S/C22H26N2O3S/c1-3-14-23-21-12-11-20(15-18(21)8-13-22(23)25)24(28(2,26)27)19-9-6-17(7-10-19)16-4-5-16/h6-7,9-12,15-16H,3-5,8,13-14H2,1-2H3. The van der Waals surface area contributed by atoms with Crippen molar-refractivity contribution in [2.75, 3.05) is 22.0 Å². The lowest BCUT2D eigenvalue weighted by atomic mass is 10.00. The first kappa shape index (κ1) is 19.0. The van der Waals surface area contributed by atoms with Crippen molar-refractivity contribution in [3.63, 3.8) is 0 Å². The Bertz CT molecular complexity index is 995. The first-order valence-corrected chi connectivity index (χ1v) is 11.8. The van der Waals surface area contributed by atoms with Crippen molar-refractivity contribution in [1.29, 1.82) is 0 Å². The number of sulfonamides is 1. The summed E-state index contributed by atoms with van der Waals surface area (Å²) >= 11 is 0. The van der Waals surface area contributed by atoms with Crippen molar-refractivity contribution in [1.82, 2.24) is 0 Å². The maximum Gasteiger partial charge on any atom is 0.236 e. The molecule has 6 heteroatoms. The fraction of sp³-hybridized carbons (Fsp3) is 0.409. The van der Waals surface area contributed by atoms with Gasteiger partial charge in [-0.3, -0.25) is 4.79 Å². The van der Waals surface area contributed by atoms with Crippen molar-refractivity contribution in [3.8, 4) is 0 Å². The van der Waals surface area contributed by atoms with E-state index in [0.717, 1.165) is 17.7 Å². The summed E-state index contributed by atoms with van der Waals surface area (Å²) in [4.78, 5) is 14.1. The van der Waals surface area contributed by atoms with Gasteiger partial charge < -0.3 is 4.90 Å². The van der Waals surface area contributed by atoms with Gasteiger partial charge in [0, 0.05) is 18.7 Å². The van der Waals surface area contributed by atoms with Gasteiger partial charge in [-0.2, -0.15) is 0 Å². The third-order valence-corrected chi connectivity index (χ3v) is 6.54. The Balaban J connectivity index is 1.72. The van der Waals surface area contributed by atoms with Gasteiger partial charge in [0.05, 0.1) is 17.6 Å². The van der Waals surface area contributed by atoms with Gasteiger partial charge in [-0.05, 0) is 73.1 Å². The van der Waals surface area contributed by atoms with Crippen LogP contribution in [0.1, 0.15) is 49.7 Å². The molecular weight excluding hydrogens is 372 g/mol. The van der Waals surface area contributed by atoms with E-state index in [1.165, 1.54) is 29.0 Å². The van der Waals surface area contributed by atoms with Crippen LogP contribution in [0.3, 0.4) is 0 Å². The van der Waals surface area contributed by atoms with E-state index in [2.05, 4.69) is 0 Å². The summed E-state index contributed by atoms with van der Waals surface area (Å²) in [7, 11) is -3.50. The maximum absolute atomic E-state index is 12.6. The SMILES string of the molecule is CCCN1C(=O)CCc2cc(N(c3ccc(C4CC4)cc3)S(C)(=O)=O)ccc21. The van der Waals surface area contributed by atoms with Gasteiger partial charge in [0.25, 0.3) is 0 Å². The van der Waals surface area contributed by atoms with Gasteiger partial charge in [0.15, 0.2) is 0 Å². The fourth-order valence-electron chi connectivity index (χ4n) is 3.97. The summed E-state index contributed by atoms with van der Waals surface area (Å²) in [5.74, 6) is 0.768. The van der Waals surface area contributed by atoms with E-state index in [0.29, 0.717) is 36.7 Å². The zero-order valence-electron chi connectivity index (χ0n) is 16.4. The van der Waals surface area contributed by atoms with Gasteiger partial charge >= 0.3 is 0 Å². The molecule has 2 aromatic carbocycles. The summed E-state index contributed by atoms with van der Waals surface area (Å²) < 4.78 is 26.6. The van der Waals surface area contributed by atoms with Crippen molar-refractivity contribution in [2.45, 2.75) is 44.9 Å². The molecular formula is C22H26N2O3S. The summed E-state index contributed by atoms with van der Waals surface area (Å²) in [6.45, 7) is 2.73. The van der Waals surface area contributed by atoms with E-state index >= 15 is 0 Å². The number of rotatable bonds is 6. The summed E-state index contributed by atoms with van der Waals surface area (Å²) in [5.41, 5.74) is 4.46. The number of fused-ring (bicyclic) bond motifs is 1. The molecule has 1 amide bonds. The lowest BCUT2D eigenvalue weighted by Gasteiger charge is -2.31. The molecule has 28 heavy (non-hydrogen) atoms. The van der Waals surface area contributed by atoms with Crippen LogP contribution in [0.5, 0.6) is 0 Å². The zero-order valence-corrected chi connectivity index (χ0v) is 17.2. The minimum Gasteiger partial charge on any atom is -0.312 e. The van der Waals surface area contributed by atoms with Crippen LogP contribution in [0.2, 0.25) is 0 Å². The molecule has 4 rings (SSSR count). The molecule has 2 aliphatic rings. The Hall–Kier alpha value is -2.34. The van der Waals surface area contributed by atoms with Crippen LogP contribution in [0.15, 0.2) is 42.5 Å². The molecule has 1 heterocycles. The highest BCUT2D eigenvalue weighted by Gasteiger charge is 2.27. The number of anilines is 3. The Labute approximate surface area is 167 Å². The van der Waals surface area contributed by atoms with Crippen LogP contribution in [-0.2, 0) is 21.2 Å². The Morgan fingerprint density at radius 3 is 2.32 bits per heavy atom. The predicted octanol–water partition coefficient (Wildman–Crippen LogP) is 4.35. The summed E-state index contributed by atoms with van der Waals surface area (Å²) in [6.07, 6.45) is 5.65. The summed E-state index contributed by atoms with van der Waals surface area (Å²) in [6, 6.07) is 13.4. The van der Waals surface area contributed by atoms with E-state index in [1.54, 1.807) is 6.07 Å². The van der Waals surface area contributed by atoms with Gasteiger partial charge in [0.1, 0.15) is 0 Å². The maximum atomic E-state index is 12.6. The highest BCUT2D eigenvalue weighted by Crippen LogP contribution is 2.41. The highest BCUT2D eigenvalue weighted by molar-refractivity contribution is 7.92. The van der Waals surface area contributed by atoms with E-state index < -0.39 is 10.0 Å². The average molecular weight is 399 g/mol. The van der Waals surface area contributed by atoms with Crippen LogP contribution in [-0.4, -0.2) is 27.1 Å². The molecule has 0 aromatic heterocycles. The minimum absolute atomic E-state index is 0.137. The lowest BCUT2D eigenvalue weighted by Crippen LogP contribution is -2.35. The molecule has 0 radical (unpaired) electrons. The van der Waals surface area contributed by atoms with Crippen molar-refractivity contribution in [3.05, 3.63) is 53.6 Å². The lowest BCUT2D eigenvalue weighted by molar-refractivity contribution is -0.118. The van der Waals surface area contributed by atoms with Crippen LogP contribution in [0, 0.1) is 0 Å².